The molecule has 4 N–H and O–H groups in total. The lowest BCUT2D eigenvalue weighted by molar-refractivity contribution is 0.498. The highest BCUT2D eigenvalue weighted by Crippen LogP contribution is 2.20. The Morgan fingerprint density at radius 2 is 1.86 bits per heavy atom. The zero-order valence-electron chi connectivity index (χ0n) is 7.93. The summed E-state index contributed by atoms with van der Waals surface area (Å²) >= 11 is 3.09. The van der Waals surface area contributed by atoms with Crippen molar-refractivity contribution in [2.45, 2.75) is 19.9 Å². The summed E-state index contributed by atoms with van der Waals surface area (Å²) in [6.45, 7) is 3.83. The Kier molecular flexibility index (Phi) is 3.28. The molecule has 0 radical (unpaired) electrons. The molecule has 0 unspecified atom stereocenters. The molecule has 0 aliphatic carbocycles. The maximum Gasteiger partial charge on any atom is 0.326 e. The quantitative estimate of drug-likeness (QED) is 0.723. The van der Waals surface area contributed by atoms with Crippen LogP contribution in [-0.2, 0) is 0 Å². The number of hydrogen-bond donors (Lipinski definition) is 3. The lowest BCUT2D eigenvalue weighted by Gasteiger charge is -2.15. The van der Waals surface area contributed by atoms with Gasteiger partial charge in [0.2, 0.25) is 0 Å². The average Bonchev–Trinajstić information content (AvgIpc) is 2.09. The van der Waals surface area contributed by atoms with E-state index in [9.17, 15) is 9.59 Å². The van der Waals surface area contributed by atoms with E-state index < -0.39 is 11.2 Å². The maximum atomic E-state index is 11.2. The third-order valence-electron chi connectivity index (χ3n) is 1.96. The number of nitrogens with one attached hydrogen (secondary N) is 2. The third kappa shape index (κ3) is 2.13. The summed E-state index contributed by atoms with van der Waals surface area (Å²) in [4.78, 5) is 26.8. The minimum atomic E-state index is -0.538. The van der Waals surface area contributed by atoms with E-state index >= 15 is 0 Å². The number of halogens is 1. The van der Waals surface area contributed by atoms with Gasteiger partial charge in [-0.1, -0.05) is 13.8 Å². The highest BCUT2D eigenvalue weighted by molar-refractivity contribution is 9.10. The fourth-order valence-corrected chi connectivity index (χ4v) is 1.51. The number of aromatic amines is 2. The summed E-state index contributed by atoms with van der Waals surface area (Å²) in [5, 5.41) is 0. The Morgan fingerprint density at radius 1 is 1.29 bits per heavy atom. The van der Waals surface area contributed by atoms with E-state index in [1.807, 2.05) is 13.8 Å². The molecule has 0 aliphatic heterocycles. The second kappa shape index (κ2) is 4.10. The molecule has 0 bridgehead atoms. The lowest BCUT2D eigenvalue weighted by Crippen LogP contribution is -2.30. The van der Waals surface area contributed by atoms with E-state index in [1.54, 1.807) is 0 Å². The standard InChI is InChI=1S/C8H12BrN3O2/c1-3(2)5(10)6-4(9)7(13)12-8(14)11-6/h3,5H,10H2,1-2H3,(H2,11,12,13,14)/t5-/m0/s1. The van der Waals surface area contributed by atoms with E-state index in [4.69, 9.17) is 5.73 Å². The second-order valence-electron chi connectivity index (χ2n) is 3.41. The predicted octanol–water partition coefficient (Wildman–Crippen LogP) is 0.482. The molecule has 5 nitrogen and oxygen atoms in total. The molecular weight excluding hydrogens is 250 g/mol. The molecule has 1 rings (SSSR count). The van der Waals surface area contributed by atoms with Gasteiger partial charge < -0.3 is 10.7 Å². The number of aromatic nitrogens is 2. The van der Waals surface area contributed by atoms with Gasteiger partial charge in [-0.15, -0.1) is 0 Å². The van der Waals surface area contributed by atoms with Gasteiger partial charge in [0.25, 0.3) is 5.56 Å². The molecular formula is C8H12BrN3O2. The van der Waals surface area contributed by atoms with Gasteiger partial charge in [-0.25, -0.2) is 4.79 Å². The van der Waals surface area contributed by atoms with E-state index in [0.717, 1.165) is 0 Å². The Bertz CT molecular complexity index is 435. The fourth-order valence-electron chi connectivity index (χ4n) is 1.05. The molecule has 0 amide bonds. The van der Waals surface area contributed by atoms with E-state index in [-0.39, 0.29) is 12.0 Å². The molecule has 0 saturated carbocycles. The van der Waals surface area contributed by atoms with Crippen LogP contribution in [0, 0.1) is 5.92 Å². The Hall–Kier alpha value is -0.880. The van der Waals surface area contributed by atoms with Crippen LogP contribution in [0.4, 0.5) is 0 Å². The van der Waals surface area contributed by atoms with Gasteiger partial charge in [0, 0.05) is 6.04 Å². The third-order valence-corrected chi connectivity index (χ3v) is 2.75. The number of rotatable bonds is 2. The van der Waals surface area contributed by atoms with E-state index in [0.29, 0.717) is 10.2 Å². The second-order valence-corrected chi connectivity index (χ2v) is 4.20. The summed E-state index contributed by atoms with van der Waals surface area (Å²) < 4.78 is 0.290. The highest BCUT2D eigenvalue weighted by atomic mass is 79.9. The normalized spacial score (nSPS) is 13.2. The summed E-state index contributed by atoms with van der Waals surface area (Å²) in [5.41, 5.74) is 5.27. The summed E-state index contributed by atoms with van der Waals surface area (Å²) in [6.07, 6.45) is 0. The van der Waals surface area contributed by atoms with Crippen molar-refractivity contribution in [3.8, 4) is 0 Å². The van der Waals surface area contributed by atoms with Crippen LogP contribution in [0.15, 0.2) is 14.1 Å². The molecule has 0 aliphatic rings. The first-order valence-corrected chi connectivity index (χ1v) is 5.00. The van der Waals surface area contributed by atoms with Crippen LogP contribution in [0.3, 0.4) is 0 Å². The van der Waals surface area contributed by atoms with Gasteiger partial charge in [-0.2, -0.15) is 0 Å². The van der Waals surface area contributed by atoms with Crippen LogP contribution in [0.25, 0.3) is 0 Å². The zero-order chi connectivity index (χ0) is 10.9. The average molecular weight is 262 g/mol. The maximum absolute atomic E-state index is 11.2. The van der Waals surface area contributed by atoms with Gasteiger partial charge in [0.05, 0.1) is 5.69 Å². The molecule has 1 heterocycles. The molecule has 78 valence electrons. The molecule has 1 aromatic rings. The molecule has 6 heteroatoms. The van der Waals surface area contributed by atoms with Crippen molar-refractivity contribution >= 4 is 15.9 Å². The fraction of sp³-hybridized carbons (Fsp3) is 0.500. The molecule has 0 aromatic carbocycles. The van der Waals surface area contributed by atoms with Crippen molar-refractivity contribution in [1.82, 2.24) is 9.97 Å². The summed E-state index contributed by atoms with van der Waals surface area (Å²) in [7, 11) is 0. The first-order chi connectivity index (χ1) is 6.43. The van der Waals surface area contributed by atoms with Gasteiger partial charge in [-0.05, 0) is 21.8 Å². The van der Waals surface area contributed by atoms with Gasteiger partial charge in [0.1, 0.15) is 4.47 Å². The van der Waals surface area contributed by atoms with Crippen molar-refractivity contribution in [3.05, 3.63) is 31.0 Å². The topological polar surface area (TPSA) is 91.7 Å². The largest absolute Gasteiger partial charge is 0.326 e. The van der Waals surface area contributed by atoms with Crippen LogP contribution >= 0.6 is 15.9 Å². The first kappa shape index (κ1) is 11.2. The minimum Gasteiger partial charge on any atom is -0.322 e. The van der Waals surface area contributed by atoms with Gasteiger partial charge >= 0.3 is 5.69 Å². The van der Waals surface area contributed by atoms with Crippen LogP contribution in [-0.4, -0.2) is 9.97 Å². The Labute approximate surface area is 88.9 Å². The van der Waals surface area contributed by atoms with Gasteiger partial charge in [0.15, 0.2) is 0 Å². The van der Waals surface area contributed by atoms with Gasteiger partial charge in [-0.3, -0.25) is 9.78 Å². The molecule has 14 heavy (non-hydrogen) atoms. The van der Waals surface area contributed by atoms with Crippen LogP contribution in [0.1, 0.15) is 25.6 Å². The minimum absolute atomic E-state index is 0.142. The highest BCUT2D eigenvalue weighted by Gasteiger charge is 2.16. The molecule has 1 atom stereocenters. The Morgan fingerprint density at radius 3 is 2.36 bits per heavy atom. The summed E-state index contributed by atoms with van der Waals surface area (Å²) in [5.74, 6) is 0.142. The number of H-pyrrole nitrogens is 2. The molecule has 1 aromatic heterocycles. The van der Waals surface area contributed by atoms with E-state index in [1.165, 1.54) is 0 Å². The lowest BCUT2D eigenvalue weighted by atomic mass is 10.0. The van der Waals surface area contributed by atoms with Crippen molar-refractivity contribution in [3.63, 3.8) is 0 Å². The Balaban J connectivity index is 3.34. The van der Waals surface area contributed by atoms with Crippen LogP contribution in [0.5, 0.6) is 0 Å². The monoisotopic (exact) mass is 261 g/mol. The van der Waals surface area contributed by atoms with Crippen molar-refractivity contribution in [2.24, 2.45) is 11.7 Å². The van der Waals surface area contributed by atoms with Crippen LogP contribution < -0.4 is 17.0 Å². The number of hydrogen-bond acceptors (Lipinski definition) is 3. The summed E-state index contributed by atoms with van der Waals surface area (Å²) in [6, 6.07) is -0.362. The smallest absolute Gasteiger partial charge is 0.322 e. The molecule has 0 saturated heterocycles. The molecule has 0 fully saturated rings. The predicted molar refractivity (Wildman–Crippen MR) is 57.1 cm³/mol. The SMILES string of the molecule is CC(C)[C@H](N)c1[nH]c(=O)[nH]c(=O)c1Br. The van der Waals surface area contributed by atoms with Crippen molar-refractivity contribution in [2.75, 3.05) is 0 Å². The van der Waals surface area contributed by atoms with E-state index in [2.05, 4.69) is 25.9 Å². The van der Waals surface area contributed by atoms with Crippen LogP contribution in [0.2, 0.25) is 0 Å². The van der Waals surface area contributed by atoms with Crippen molar-refractivity contribution in [1.29, 1.82) is 0 Å². The number of nitrogens with two attached hydrogens (primary N) is 1. The van der Waals surface area contributed by atoms with Crippen molar-refractivity contribution < 1.29 is 0 Å². The molecule has 0 spiro atoms. The first-order valence-electron chi connectivity index (χ1n) is 4.21. The zero-order valence-corrected chi connectivity index (χ0v) is 9.51.